The maximum Gasteiger partial charge on any atom is 0.0700 e. The van der Waals surface area contributed by atoms with Gasteiger partial charge in [-0.2, -0.15) is 0 Å². The fourth-order valence-electron chi connectivity index (χ4n) is 1.81. The monoisotopic (exact) mass is 217 g/mol. The van der Waals surface area contributed by atoms with E-state index in [1.54, 1.807) is 11.8 Å². The van der Waals surface area contributed by atoms with Crippen molar-refractivity contribution in [2.24, 2.45) is 5.16 Å². The summed E-state index contributed by atoms with van der Waals surface area (Å²) in [7, 11) is 0. The van der Waals surface area contributed by atoms with Crippen LogP contribution in [0.15, 0.2) is 5.16 Å². The smallest absolute Gasteiger partial charge is 0.0700 e. The van der Waals surface area contributed by atoms with E-state index >= 15 is 0 Å². The Balaban J connectivity index is 2.46. The van der Waals surface area contributed by atoms with Crippen LogP contribution in [-0.4, -0.2) is 33.6 Å². The predicted molar refractivity (Wildman–Crippen MR) is 60.3 cm³/mol. The zero-order valence-corrected chi connectivity index (χ0v) is 9.30. The first-order chi connectivity index (χ1) is 6.88. The lowest BCUT2D eigenvalue weighted by molar-refractivity contribution is 0.315. The molecule has 0 bridgehead atoms. The van der Waals surface area contributed by atoms with Crippen LogP contribution in [0.1, 0.15) is 38.5 Å². The van der Waals surface area contributed by atoms with Crippen molar-refractivity contribution < 1.29 is 10.3 Å². The second-order valence-corrected chi connectivity index (χ2v) is 4.94. The fourth-order valence-corrected chi connectivity index (χ4v) is 2.89. The largest absolute Gasteiger partial charge is 0.411 e. The van der Waals surface area contributed by atoms with Crippen LogP contribution in [0.25, 0.3) is 0 Å². The lowest BCUT2D eigenvalue weighted by atomic mass is 9.99. The van der Waals surface area contributed by atoms with E-state index in [1.165, 1.54) is 19.3 Å². The Labute approximate surface area is 89.6 Å². The zero-order chi connectivity index (χ0) is 10.2. The number of thioether (sulfide) groups is 1. The van der Waals surface area contributed by atoms with E-state index in [2.05, 4.69) is 5.16 Å². The van der Waals surface area contributed by atoms with Crippen LogP contribution in [0.4, 0.5) is 0 Å². The van der Waals surface area contributed by atoms with Crippen molar-refractivity contribution in [1.29, 1.82) is 0 Å². The molecule has 82 valence electrons. The molecule has 0 amide bonds. The Morgan fingerprint density at radius 3 is 2.79 bits per heavy atom. The minimum Gasteiger partial charge on any atom is -0.411 e. The van der Waals surface area contributed by atoms with E-state index in [0.717, 1.165) is 30.7 Å². The summed E-state index contributed by atoms with van der Waals surface area (Å²) in [6, 6.07) is 0. The van der Waals surface area contributed by atoms with Crippen LogP contribution < -0.4 is 0 Å². The number of aliphatic hydroxyl groups excluding tert-OH is 1. The van der Waals surface area contributed by atoms with Crippen molar-refractivity contribution in [3.63, 3.8) is 0 Å². The second-order valence-electron chi connectivity index (χ2n) is 3.63. The van der Waals surface area contributed by atoms with E-state index in [-0.39, 0.29) is 6.61 Å². The maximum absolute atomic E-state index is 8.89. The topological polar surface area (TPSA) is 52.8 Å². The first-order valence-corrected chi connectivity index (χ1v) is 6.36. The van der Waals surface area contributed by atoms with Gasteiger partial charge in [-0.1, -0.05) is 24.4 Å². The number of hydrogen-bond acceptors (Lipinski definition) is 4. The van der Waals surface area contributed by atoms with Crippen molar-refractivity contribution in [3.8, 4) is 0 Å². The molecular formula is C10H19NO2S. The van der Waals surface area contributed by atoms with Crippen LogP contribution in [-0.2, 0) is 0 Å². The molecule has 0 radical (unpaired) electrons. The molecule has 0 unspecified atom stereocenters. The summed E-state index contributed by atoms with van der Waals surface area (Å²) in [6.45, 7) is 0.208. The van der Waals surface area contributed by atoms with Gasteiger partial charge in [-0.05, 0) is 19.3 Å². The molecule has 1 aliphatic rings. The van der Waals surface area contributed by atoms with Crippen molar-refractivity contribution >= 4 is 17.5 Å². The normalized spacial score (nSPS) is 27.2. The third-order valence-corrected chi connectivity index (χ3v) is 3.89. The van der Waals surface area contributed by atoms with Gasteiger partial charge in [0.2, 0.25) is 0 Å². The zero-order valence-electron chi connectivity index (χ0n) is 8.48. The van der Waals surface area contributed by atoms with Crippen molar-refractivity contribution in [1.82, 2.24) is 0 Å². The minimum absolute atomic E-state index is 0.208. The lowest BCUT2D eigenvalue weighted by Crippen LogP contribution is -2.20. The first kappa shape index (κ1) is 11.9. The molecule has 0 aromatic heterocycles. The summed E-state index contributed by atoms with van der Waals surface area (Å²) < 4.78 is 0. The van der Waals surface area contributed by atoms with Gasteiger partial charge in [0.25, 0.3) is 0 Å². The highest BCUT2D eigenvalue weighted by Gasteiger charge is 2.18. The van der Waals surface area contributed by atoms with Gasteiger partial charge in [0.1, 0.15) is 0 Å². The Bertz CT molecular complexity index is 183. The molecule has 1 fully saturated rings. The van der Waals surface area contributed by atoms with Gasteiger partial charge < -0.3 is 10.3 Å². The van der Waals surface area contributed by atoms with E-state index in [1.807, 2.05) is 0 Å². The fraction of sp³-hybridized carbons (Fsp3) is 0.900. The van der Waals surface area contributed by atoms with E-state index in [9.17, 15) is 0 Å². The van der Waals surface area contributed by atoms with Gasteiger partial charge >= 0.3 is 0 Å². The number of oxime groups is 1. The maximum atomic E-state index is 8.89. The summed E-state index contributed by atoms with van der Waals surface area (Å²) in [5, 5.41) is 21.4. The average Bonchev–Trinajstić information content (AvgIpc) is 2.17. The molecule has 0 saturated heterocycles. The minimum atomic E-state index is 0.208. The standard InChI is InChI=1S/C10H19NO2S/c12-7-8-14-10-6-4-2-1-3-5-9(10)11-13/h10,12-13H,1-8H2/b11-9-/t10-/m1/s1. The van der Waals surface area contributed by atoms with Gasteiger partial charge in [0.05, 0.1) is 12.3 Å². The van der Waals surface area contributed by atoms with Crippen LogP contribution in [0.3, 0.4) is 0 Å². The summed E-state index contributed by atoms with van der Waals surface area (Å²) in [5.41, 5.74) is 0.920. The summed E-state index contributed by atoms with van der Waals surface area (Å²) in [5.74, 6) is 0.740. The molecule has 0 spiro atoms. The van der Waals surface area contributed by atoms with Crippen LogP contribution in [0.2, 0.25) is 0 Å². The third-order valence-electron chi connectivity index (χ3n) is 2.56. The van der Waals surface area contributed by atoms with E-state index in [4.69, 9.17) is 10.3 Å². The van der Waals surface area contributed by atoms with Crippen molar-refractivity contribution in [2.45, 2.75) is 43.8 Å². The number of aliphatic hydroxyl groups is 1. The molecule has 4 heteroatoms. The van der Waals surface area contributed by atoms with Gasteiger partial charge in [0, 0.05) is 11.0 Å². The van der Waals surface area contributed by atoms with Crippen LogP contribution in [0, 0.1) is 0 Å². The molecule has 0 heterocycles. The number of rotatable bonds is 3. The molecule has 0 aromatic carbocycles. The van der Waals surface area contributed by atoms with E-state index < -0.39 is 0 Å². The highest BCUT2D eigenvalue weighted by molar-refractivity contribution is 8.00. The van der Waals surface area contributed by atoms with E-state index in [0.29, 0.717) is 5.25 Å². The molecule has 14 heavy (non-hydrogen) atoms. The van der Waals surface area contributed by atoms with Crippen LogP contribution in [0.5, 0.6) is 0 Å². The summed E-state index contributed by atoms with van der Waals surface area (Å²) in [4.78, 5) is 0. The number of hydrogen-bond donors (Lipinski definition) is 2. The SMILES string of the molecule is OCCS[C@@H]1CCCCCC/C1=N/O. The first-order valence-electron chi connectivity index (χ1n) is 5.31. The molecule has 3 nitrogen and oxygen atoms in total. The van der Waals surface area contributed by atoms with Crippen molar-refractivity contribution in [2.75, 3.05) is 12.4 Å². The summed E-state index contributed by atoms with van der Waals surface area (Å²) >= 11 is 1.71. The Morgan fingerprint density at radius 2 is 2.07 bits per heavy atom. The van der Waals surface area contributed by atoms with Gasteiger partial charge in [-0.15, -0.1) is 11.8 Å². The van der Waals surface area contributed by atoms with Gasteiger partial charge in [-0.25, -0.2) is 0 Å². The molecule has 1 saturated carbocycles. The highest BCUT2D eigenvalue weighted by atomic mass is 32.2. The Kier molecular flexibility index (Phi) is 6.03. The quantitative estimate of drug-likeness (QED) is 0.563. The van der Waals surface area contributed by atoms with Crippen molar-refractivity contribution in [3.05, 3.63) is 0 Å². The molecule has 1 rings (SSSR count). The van der Waals surface area contributed by atoms with Gasteiger partial charge in [-0.3, -0.25) is 0 Å². The molecule has 2 N–H and O–H groups in total. The highest BCUT2D eigenvalue weighted by Crippen LogP contribution is 2.24. The number of nitrogens with zero attached hydrogens (tertiary/aromatic N) is 1. The second kappa shape index (κ2) is 7.12. The predicted octanol–water partition coefficient (Wildman–Crippen LogP) is 2.26. The third kappa shape index (κ3) is 3.88. The molecule has 1 aliphatic carbocycles. The Hall–Kier alpha value is -0.220. The molecule has 0 aromatic rings. The summed E-state index contributed by atoms with van der Waals surface area (Å²) in [6.07, 6.45) is 6.88. The average molecular weight is 217 g/mol. The molecular weight excluding hydrogens is 198 g/mol. The Morgan fingerprint density at radius 1 is 1.29 bits per heavy atom. The van der Waals surface area contributed by atoms with Gasteiger partial charge in [0.15, 0.2) is 0 Å². The lowest BCUT2D eigenvalue weighted by Gasteiger charge is -2.19. The molecule has 0 aliphatic heterocycles. The molecule has 1 atom stereocenters. The van der Waals surface area contributed by atoms with Crippen LogP contribution >= 0.6 is 11.8 Å².